The molecule has 0 aliphatic rings. The molecule has 0 N–H and O–H groups in total. The van der Waals surface area contributed by atoms with Crippen LogP contribution in [0, 0.1) is 12.3 Å². The lowest BCUT2D eigenvalue weighted by Gasteiger charge is -1.91. The number of benzene rings is 1. The predicted molar refractivity (Wildman–Crippen MR) is 38.3 cm³/mol. The largest absolute Gasteiger partial charge is 1.00 e. The van der Waals surface area contributed by atoms with Gasteiger partial charge in [-0.3, -0.25) is 0 Å². The molecule has 1 heterocycles. The zero-order chi connectivity index (χ0) is 6.81. The molecule has 0 aliphatic heterocycles. The van der Waals surface area contributed by atoms with Crippen LogP contribution in [0.5, 0.6) is 0 Å². The first-order valence-corrected chi connectivity index (χ1v) is 3.10. The molecule has 1 aromatic carbocycles. The van der Waals surface area contributed by atoms with Gasteiger partial charge in [0.1, 0.15) is 0 Å². The van der Waals surface area contributed by atoms with Gasteiger partial charge in [-0.1, -0.05) is 10.4 Å². The van der Waals surface area contributed by atoms with E-state index >= 15 is 0 Å². The minimum Gasteiger partial charge on any atom is -0.146 e. The molecule has 2 rings (SSSR count). The summed E-state index contributed by atoms with van der Waals surface area (Å²) >= 11 is 0. The summed E-state index contributed by atoms with van der Waals surface area (Å²) in [6.07, 6.45) is 4.58. The highest BCUT2D eigenvalue weighted by molar-refractivity contribution is 5.78. The highest BCUT2D eigenvalue weighted by Crippen LogP contribution is 2.05. The molecule has 0 saturated heterocycles. The van der Waals surface area contributed by atoms with Gasteiger partial charge in [0, 0.05) is 0 Å². The minimum atomic E-state index is 0. The first kappa shape index (κ1) is 5.25. The third-order valence-electron chi connectivity index (χ3n) is 1.39. The van der Waals surface area contributed by atoms with E-state index in [2.05, 4.69) is 17.2 Å². The van der Waals surface area contributed by atoms with Gasteiger partial charge in [-0.25, -0.2) is 0 Å². The monoisotopic (exact) mass is 128 g/mol. The Kier molecular flexibility index (Phi) is 1.05. The molecular formula is C9H6N+. The van der Waals surface area contributed by atoms with Crippen LogP contribution >= 0.6 is 0 Å². The van der Waals surface area contributed by atoms with Gasteiger partial charge >= 0.3 is 1.43 Å². The second kappa shape index (κ2) is 2.00. The molecule has 0 aliphatic carbocycles. The van der Waals surface area contributed by atoms with Crippen molar-refractivity contribution >= 4 is 10.8 Å². The molecule has 0 unspecified atom stereocenters. The number of fused-ring (bicyclic) bond motifs is 1. The summed E-state index contributed by atoms with van der Waals surface area (Å²) in [6.45, 7) is 0. The summed E-state index contributed by atoms with van der Waals surface area (Å²) in [6, 6.07) is 10.8. The molecule has 1 nitrogen and oxygen atoms in total. The first-order chi connectivity index (χ1) is 4.97. The van der Waals surface area contributed by atoms with Crippen molar-refractivity contribution < 1.29 is 6.41 Å². The van der Waals surface area contributed by atoms with E-state index in [9.17, 15) is 0 Å². The molecule has 0 radical (unpaired) electrons. The van der Waals surface area contributed by atoms with Gasteiger partial charge in [0.05, 0.1) is 0 Å². The maximum atomic E-state index is 3.86. The zero-order valence-electron chi connectivity index (χ0n) is 6.33. The fraction of sp³-hybridized carbons (Fsp3) is 0. The Hall–Kier alpha value is -1.55. The van der Waals surface area contributed by atoms with Gasteiger partial charge < -0.3 is 0 Å². The molecule has 0 spiro atoms. The lowest BCUT2D eigenvalue weighted by Crippen LogP contribution is -1.85. The zero-order valence-corrected chi connectivity index (χ0v) is 5.33. The highest BCUT2D eigenvalue weighted by Gasteiger charge is 1.83. The van der Waals surface area contributed by atoms with Gasteiger partial charge in [0.15, 0.2) is 6.20 Å². The molecule has 0 saturated carbocycles. The average molecular weight is 128 g/mol. The van der Waals surface area contributed by atoms with Crippen LogP contribution in [0.3, 0.4) is 0 Å². The van der Waals surface area contributed by atoms with Crippen LogP contribution in [-0.4, -0.2) is 0 Å². The van der Waals surface area contributed by atoms with Crippen LogP contribution in [-0.2, 0) is 0 Å². The Balaban J connectivity index is 0.000000605. The van der Waals surface area contributed by atoms with E-state index in [1.165, 1.54) is 0 Å². The van der Waals surface area contributed by atoms with Gasteiger partial charge in [-0.2, -0.15) is 0 Å². The molecule has 1 aromatic heterocycles. The third kappa shape index (κ3) is 0.708. The van der Waals surface area contributed by atoms with Gasteiger partial charge in [0.2, 0.25) is 0 Å². The Morgan fingerprint density at radius 2 is 2.50 bits per heavy atom. The predicted octanol–water partition coefficient (Wildman–Crippen LogP) is 1.15. The summed E-state index contributed by atoms with van der Waals surface area (Å²) in [4.78, 5) is 3.86. The fourth-order valence-corrected chi connectivity index (χ4v) is 0.905. The van der Waals surface area contributed by atoms with Crippen LogP contribution in [0.25, 0.3) is 10.8 Å². The molecule has 0 fully saturated rings. The normalized spacial score (nSPS) is 9.20. The molecule has 0 bridgehead atoms. The van der Waals surface area contributed by atoms with E-state index in [0.717, 1.165) is 10.8 Å². The molecule has 1 heteroatoms. The van der Waals surface area contributed by atoms with E-state index in [0.29, 0.717) is 0 Å². The van der Waals surface area contributed by atoms with E-state index < -0.39 is 0 Å². The number of hydrogen-bond acceptors (Lipinski definition) is 0. The van der Waals surface area contributed by atoms with Gasteiger partial charge in [0.25, 0.3) is 6.20 Å². The number of aromatic nitrogens is 1. The topological polar surface area (TPSA) is 14.1 Å². The van der Waals surface area contributed by atoms with Crippen LogP contribution in [0.15, 0.2) is 30.5 Å². The van der Waals surface area contributed by atoms with E-state index in [1.807, 2.05) is 24.3 Å². The van der Waals surface area contributed by atoms with Crippen molar-refractivity contribution in [2.75, 3.05) is 0 Å². The number of rotatable bonds is 0. The average Bonchev–Trinajstić information content (AvgIpc) is 2.05. The van der Waals surface area contributed by atoms with Crippen molar-refractivity contribution in [2.45, 2.75) is 0 Å². The quantitative estimate of drug-likeness (QED) is 0.485. The van der Waals surface area contributed by atoms with Crippen molar-refractivity contribution in [1.29, 1.82) is 0 Å². The Morgan fingerprint density at radius 3 is 3.40 bits per heavy atom. The van der Waals surface area contributed by atoms with Crippen molar-refractivity contribution in [3.8, 4) is 0 Å². The van der Waals surface area contributed by atoms with Crippen LogP contribution in [0.4, 0.5) is 0 Å². The van der Waals surface area contributed by atoms with Crippen LogP contribution in [0.1, 0.15) is 1.43 Å². The molecule has 2 aromatic rings. The molecular weight excluding hydrogens is 122 g/mol. The first-order valence-electron chi connectivity index (χ1n) is 3.10. The Morgan fingerprint density at radius 1 is 1.50 bits per heavy atom. The fourth-order valence-electron chi connectivity index (χ4n) is 0.905. The smallest absolute Gasteiger partial charge is 0.146 e. The summed E-state index contributed by atoms with van der Waals surface area (Å²) in [5.74, 6) is 0. The van der Waals surface area contributed by atoms with E-state index in [-0.39, 0.29) is 1.43 Å². The number of hydrogen-bond donors (Lipinski definition) is 0. The van der Waals surface area contributed by atoms with Crippen LogP contribution < -0.4 is 4.98 Å². The summed E-state index contributed by atoms with van der Waals surface area (Å²) in [7, 11) is 0. The maximum absolute atomic E-state index is 3.86. The minimum absolute atomic E-state index is 0. The molecule has 0 amide bonds. The Bertz CT molecular complexity index is 281. The third-order valence-corrected chi connectivity index (χ3v) is 1.39. The van der Waals surface area contributed by atoms with Gasteiger partial charge in [-0.05, 0) is 11.5 Å². The SMILES string of the molecule is [H+].c1c2[c-]cccc2cc[n+]#1. The van der Waals surface area contributed by atoms with Crippen molar-refractivity contribution in [1.82, 2.24) is 0 Å². The summed E-state index contributed by atoms with van der Waals surface area (Å²) in [5, 5.41) is 2.09. The molecule has 46 valence electrons. The molecule has 10 heavy (non-hydrogen) atoms. The van der Waals surface area contributed by atoms with Crippen molar-refractivity contribution in [2.24, 2.45) is 0 Å². The number of nitrogens with zero attached hydrogens (tertiary/aromatic N) is 1. The lowest BCUT2D eigenvalue weighted by molar-refractivity contribution is -0.292. The second-order valence-corrected chi connectivity index (χ2v) is 2.06. The van der Waals surface area contributed by atoms with Gasteiger partial charge in [-0.15, -0.1) is 24.3 Å². The molecule has 0 atom stereocenters. The highest BCUT2D eigenvalue weighted by atomic mass is 14.5. The van der Waals surface area contributed by atoms with Crippen molar-refractivity contribution in [3.63, 3.8) is 0 Å². The van der Waals surface area contributed by atoms with Crippen molar-refractivity contribution in [3.05, 3.63) is 42.7 Å². The summed E-state index contributed by atoms with van der Waals surface area (Å²) in [5.41, 5.74) is 0. The van der Waals surface area contributed by atoms with E-state index in [4.69, 9.17) is 0 Å². The second-order valence-electron chi connectivity index (χ2n) is 2.06. The van der Waals surface area contributed by atoms with Crippen LogP contribution in [0.2, 0.25) is 0 Å². The lowest BCUT2D eigenvalue weighted by atomic mass is 10.2. The van der Waals surface area contributed by atoms with E-state index in [1.54, 1.807) is 6.20 Å². The maximum Gasteiger partial charge on any atom is 1.00 e. The Labute approximate surface area is 60.8 Å². The standard InChI is InChI=1S/C9H5N/c1-2-4-9-7-10-6-5-8(9)3-1/h1-3,5-6H/p+1. The summed E-state index contributed by atoms with van der Waals surface area (Å²) < 4.78 is 0.